The van der Waals surface area contributed by atoms with E-state index in [4.69, 9.17) is 5.11 Å². The molecule has 3 aliphatic rings. The van der Waals surface area contributed by atoms with Crippen LogP contribution in [0.1, 0.15) is 52.9 Å². The molecule has 0 atom stereocenters. The molecule has 0 aliphatic heterocycles. The number of benzene rings is 1. The van der Waals surface area contributed by atoms with Gasteiger partial charge in [0.15, 0.2) is 5.69 Å². The predicted octanol–water partition coefficient (Wildman–Crippen LogP) is 4.07. The number of imidazole rings is 1. The Morgan fingerprint density at radius 2 is 1.81 bits per heavy atom. The normalized spacial score (nSPS) is 24.0. The van der Waals surface area contributed by atoms with Gasteiger partial charge in [0.2, 0.25) is 0 Å². The lowest BCUT2D eigenvalue weighted by Crippen LogP contribution is -2.75. The minimum absolute atomic E-state index is 0.120. The second kappa shape index (κ2) is 6.82. The van der Waals surface area contributed by atoms with Gasteiger partial charge >= 0.3 is 12.1 Å². The van der Waals surface area contributed by atoms with Crippen molar-refractivity contribution < 1.29 is 27.9 Å². The SMILES string of the molecule is O=C(O)CC12CC(NC(=O)c3ncn4cccc(Cc5ccc(C(F)(F)F)cc5)c34)(C1)C2. The van der Waals surface area contributed by atoms with Crippen LogP contribution in [0.4, 0.5) is 13.2 Å². The predicted molar refractivity (Wildman–Crippen MR) is 108 cm³/mol. The van der Waals surface area contributed by atoms with E-state index in [1.54, 1.807) is 16.7 Å². The number of aliphatic carboxylic acids is 1. The van der Waals surface area contributed by atoms with Crippen LogP contribution in [0, 0.1) is 5.41 Å². The fourth-order valence-electron chi connectivity index (χ4n) is 5.40. The van der Waals surface area contributed by atoms with Gasteiger partial charge in [-0.2, -0.15) is 13.2 Å². The zero-order valence-corrected chi connectivity index (χ0v) is 16.9. The Hall–Kier alpha value is -3.36. The quantitative estimate of drug-likeness (QED) is 0.602. The maximum absolute atomic E-state index is 13.0. The molecule has 2 N–H and O–H groups in total. The van der Waals surface area contributed by atoms with Gasteiger partial charge in [-0.1, -0.05) is 18.2 Å². The monoisotopic (exact) mass is 443 g/mol. The molecule has 6 nitrogen and oxygen atoms in total. The molecule has 1 aromatic carbocycles. The number of carboxylic acid groups (broad SMARTS) is 1. The topological polar surface area (TPSA) is 83.7 Å². The number of amides is 1. The molecule has 0 spiro atoms. The van der Waals surface area contributed by atoms with Gasteiger partial charge in [-0.05, 0) is 60.4 Å². The van der Waals surface area contributed by atoms with Crippen molar-refractivity contribution in [1.82, 2.24) is 14.7 Å². The highest BCUT2D eigenvalue weighted by molar-refractivity contribution is 6.00. The third-order valence-electron chi connectivity index (χ3n) is 6.58. The number of nitrogens with zero attached hydrogens (tertiary/aromatic N) is 2. The first-order valence-corrected chi connectivity index (χ1v) is 10.2. The van der Waals surface area contributed by atoms with Crippen LogP contribution in [0.25, 0.3) is 5.52 Å². The molecule has 3 aromatic rings. The van der Waals surface area contributed by atoms with Gasteiger partial charge in [-0.25, -0.2) is 4.98 Å². The molecule has 2 aromatic heterocycles. The minimum Gasteiger partial charge on any atom is -0.481 e. The zero-order chi connectivity index (χ0) is 22.7. The smallest absolute Gasteiger partial charge is 0.416 e. The van der Waals surface area contributed by atoms with E-state index in [-0.39, 0.29) is 29.0 Å². The number of carboxylic acids is 1. The van der Waals surface area contributed by atoms with Crippen LogP contribution in [0.5, 0.6) is 0 Å². The molecule has 0 radical (unpaired) electrons. The lowest BCUT2D eigenvalue weighted by atomic mass is 9.38. The number of fused-ring (bicyclic) bond motifs is 1. The summed E-state index contributed by atoms with van der Waals surface area (Å²) in [4.78, 5) is 28.3. The fourth-order valence-corrected chi connectivity index (χ4v) is 5.40. The molecule has 3 aliphatic carbocycles. The molecule has 0 saturated heterocycles. The van der Waals surface area contributed by atoms with E-state index in [2.05, 4.69) is 10.3 Å². The number of nitrogens with one attached hydrogen (secondary N) is 1. The highest BCUT2D eigenvalue weighted by Crippen LogP contribution is 2.68. The second-order valence-electron chi connectivity index (χ2n) is 9.09. The number of carbonyl (C=O) groups excluding carboxylic acids is 1. The Bertz CT molecular complexity index is 1210. The zero-order valence-electron chi connectivity index (χ0n) is 16.9. The molecule has 1 amide bonds. The molecule has 6 rings (SSSR count). The Morgan fingerprint density at radius 3 is 2.44 bits per heavy atom. The third kappa shape index (κ3) is 3.41. The number of pyridine rings is 1. The van der Waals surface area contributed by atoms with Gasteiger partial charge in [0, 0.05) is 11.7 Å². The molecule has 3 fully saturated rings. The van der Waals surface area contributed by atoms with E-state index >= 15 is 0 Å². The van der Waals surface area contributed by atoms with Crippen LogP contribution >= 0.6 is 0 Å². The van der Waals surface area contributed by atoms with Crippen molar-refractivity contribution in [1.29, 1.82) is 0 Å². The molecule has 32 heavy (non-hydrogen) atoms. The van der Waals surface area contributed by atoms with Gasteiger partial charge in [0.25, 0.3) is 5.91 Å². The molecular weight excluding hydrogens is 423 g/mol. The van der Waals surface area contributed by atoms with E-state index in [9.17, 15) is 22.8 Å². The summed E-state index contributed by atoms with van der Waals surface area (Å²) >= 11 is 0. The lowest BCUT2D eigenvalue weighted by Gasteiger charge is -2.70. The van der Waals surface area contributed by atoms with E-state index in [0.29, 0.717) is 36.8 Å². The van der Waals surface area contributed by atoms with Crippen molar-refractivity contribution in [3.63, 3.8) is 0 Å². The van der Waals surface area contributed by atoms with E-state index in [1.807, 2.05) is 6.07 Å². The maximum atomic E-state index is 13.0. The molecule has 0 unspecified atom stereocenters. The molecule has 3 saturated carbocycles. The maximum Gasteiger partial charge on any atom is 0.416 e. The number of hydrogen-bond donors (Lipinski definition) is 2. The Morgan fingerprint density at radius 1 is 1.12 bits per heavy atom. The van der Waals surface area contributed by atoms with Crippen LogP contribution in [-0.4, -0.2) is 31.9 Å². The molecule has 166 valence electrons. The summed E-state index contributed by atoms with van der Waals surface area (Å²) in [6.07, 6.45) is 1.34. The largest absolute Gasteiger partial charge is 0.481 e. The highest BCUT2D eigenvalue weighted by atomic mass is 19.4. The third-order valence-corrected chi connectivity index (χ3v) is 6.58. The first kappa shape index (κ1) is 20.5. The van der Waals surface area contributed by atoms with E-state index < -0.39 is 17.7 Å². The van der Waals surface area contributed by atoms with Crippen LogP contribution < -0.4 is 5.32 Å². The summed E-state index contributed by atoms with van der Waals surface area (Å²) < 4.78 is 40.2. The van der Waals surface area contributed by atoms with Gasteiger partial charge in [0.1, 0.15) is 6.33 Å². The van der Waals surface area contributed by atoms with Crippen molar-refractivity contribution in [2.45, 2.75) is 43.8 Å². The number of rotatable bonds is 6. The summed E-state index contributed by atoms with van der Waals surface area (Å²) in [6, 6.07) is 8.60. The van der Waals surface area contributed by atoms with Crippen LogP contribution in [0.2, 0.25) is 0 Å². The highest BCUT2D eigenvalue weighted by Gasteiger charge is 2.68. The number of alkyl halides is 3. The van der Waals surface area contributed by atoms with E-state index in [1.165, 1.54) is 18.5 Å². The summed E-state index contributed by atoms with van der Waals surface area (Å²) in [5, 5.41) is 12.1. The first-order valence-electron chi connectivity index (χ1n) is 10.2. The summed E-state index contributed by atoms with van der Waals surface area (Å²) in [5.74, 6) is -1.14. The van der Waals surface area contributed by atoms with Crippen molar-refractivity contribution >= 4 is 17.4 Å². The number of aromatic nitrogens is 2. The lowest BCUT2D eigenvalue weighted by molar-refractivity contribution is -0.172. The molecule has 2 bridgehead atoms. The first-order chi connectivity index (χ1) is 15.1. The molecule has 2 heterocycles. The summed E-state index contributed by atoms with van der Waals surface area (Å²) in [5.41, 5.74) is 1.07. The number of carbonyl (C=O) groups is 2. The standard InChI is InChI=1S/C23H20F3N3O3/c24-23(25,26)16-5-3-14(4-6-16)8-15-2-1-7-29-13-27-18(19(15)29)20(32)28-22-10-21(11-22,12-22)9-17(30)31/h1-7,13H,8-12H2,(H,28,32)(H,30,31). The molecular formula is C23H20F3N3O3. The molecule has 9 heteroatoms. The number of hydrogen-bond acceptors (Lipinski definition) is 3. The summed E-state index contributed by atoms with van der Waals surface area (Å²) in [6.45, 7) is 0. The minimum atomic E-state index is -4.39. The van der Waals surface area contributed by atoms with Crippen LogP contribution in [0.15, 0.2) is 48.9 Å². The van der Waals surface area contributed by atoms with Crippen molar-refractivity contribution in [3.05, 3.63) is 71.3 Å². The van der Waals surface area contributed by atoms with E-state index in [0.717, 1.165) is 17.7 Å². The van der Waals surface area contributed by atoms with Gasteiger partial charge in [-0.15, -0.1) is 0 Å². The Kier molecular flexibility index (Phi) is 4.38. The summed E-state index contributed by atoms with van der Waals surface area (Å²) in [7, 11) is 0. The fraction of sp³-hybridized carbons (Fsp3) is 0.348. The average Bonchev–Trinajstić information content (AvgIpc) is 3.10. The Balaban J connectivity index is 1.36. The van der Waals surface area contributed by atoms with Crippen molar-refractivity contribution in [3.8, 4) is 0 Å². The number of halogens is 3. The van der Waals surface area contributed by atoms with Gasteiger partial charge < -0.3 is 14.8 Å². The van der Waals surface area contributed by atoms with Crippen LogP contribution in [0.3, 0.4) is 0 Å². The van der Waals surface area contributed by atoms with Crippen molar-refractivity contribution in [2.24, 2.45) is 5.41 Å². The van der Waals surface area contributed by atoms with Crippen LogP contribution in [-0.2, 0) is 17.4 Å². The van der Waals surface area contributed by atoms with Gasteiger partial charge in [0.05, 0.1) is 17.5 Å². The average molecular weight is 443 g/mol. The van der Waals surface area contributed by atoms with Gasteiger partial charge in [-0.3, -0.25) is 9.59 Å². The second-order valence-corrected chi connectivity index (χ2v) is 9.09. The van der Waals surface area contributed by atoms with Crippen molar-refractivity contribution in [2.75, 3.05) is 0 Å². The Labute approximate surface area is 181 Å².